The maximum atomic E-state index is 11.7. The second-order valence-corrected chi connectivity index (χ2v) is 5.24. The van der Waals surface area contributed by atoms with Gasteiger partial charge in [0.25, 0.3) is 0 Å². The third kappa shape index (κ3) is 2.88. The Kier molecular flexibility index (Phi) is 5.15. The van der Waals surface area contributed by atoms with Crippen molar-refractivity contribution in [2.75, 3.05) is 24.6 Å². The summed E-state index contributed by atoms with van der Waals surface area (Å²) in [5.41, 5.74) is 0. The Labute approximate surface area is 97.0 Å². The van der Waals surface area contributed by atoms with Crippen LogP contribution in [-0.4, -0.2) is 41.1 Å². The average Bonchev–Trinajstić information content (AvgIpc) is 2.77. The Morgan fingerprint density at radius 3 is 1.85 bits per heavy atom. The van der Waals surface area contributed by atoms with Crippen molar-refractivity contribution in [2.24, 2.45) is 0 Å². The summed E-state index contributed by atoms with van der Waals surface area (Å²) in [6.45, 7) is 1.94. The molecule has 2 heterocycles. The molecule has 2 rings (SSSR count). The summed E-state index contributed by atoms with van der Waals surface area (Å²) < 4.78 is 0. The van der Waals surface area contributed by atoms with Crippen LogP contribution in [0.25, 0.3) is 0 Å². The van der Waals surface area contributed by atoms with E-state index in [9.17, 15) is 4.79 Å². The van der Waals surface area contributed by atoms with E-state index in [1.54, 1.807) is 23.5 Å². The van der Waals surface area contributed by atoms with Gasteiger partial charge in [-0.2, -0.15) is 0 Å². The maximum absolute atomic E-state index is 11.7. The normalized spacial score (nSPS) is 32.9. The molecule has 0 bridgehead atoms. The first-order chi connectivity index (χ1) is 5.88. The summed E-state index contributed by atoms with van der Waals surface area (Å²) >= 11 is 3.45. The van der Waals surface area contributed by atoms with Gasteiger partial charge in [0.1, 0.15) is 10.7 Å². The first-order valence-electron chi connectivity index (χ1n) is 4.11. The standard InChI is InChI=1S/C7H12N2OS2.Cu/c10-5(6-8-1-3-11-6)7-9-2-4-12-7;/h6-9H,1-4H2;. The number of thioether (sulfide) groups is 2. The smallest absolute Gasteiger partial charge is 0.186 e. The molecule has 2 atom stereocenters. The number of hydrogen-bond donors (Lipinski definition) is 2. The molecule has 0 saturated carbocycles. The van der Waals surface area contributed by atoms with Crippen LogP contribution in [0.1, 0.15) is 0 Å². The molecule has 79 valence electrons. The summed E-state index contributed by atoms with van der Waals surface area (Å²) in [5.74, 6) is 2.45. The molecule has 0 aliphatic carbocycles. The average molecular weight is 268 g/mol. The van der Waals surface area contributed by atoms with Crippen molar-refractivity contribution in [1.82, 2.24) is 10.6 Å². The van der Waals surface area contributed by atoms with Gasteiger partial charge in [-0.05, 0) is 0 Å². The van der Waals surface area contributed by atoms with Crippen LogP contribution < -0.4 is 10.6 Å². The van der Waals surface area contributed by atoms with Crippen molar-refractivity contribution in [3.05, 3.63) is 0 Å². The Balaban J connectivity index is 0.000000845. The monoisotopic (exact) mass is 267 g/mol. The first kappa shape index (κ1) is 11.9. The molecule has 6 heteroatoms. The Hall–Kier alpha value is 0.809. The number of carbonyl (C=O) groups excluding carboxylic acids is 1. The molecule has 0 aromatic rings. The molecule has 0 aromatic carbocycles. The number of ketones is 1. The van der Waals surface area contributed by atoms with Crippen molar-refractivity contribution >= 4 is 29.3 Å². The zero-order valence-electron chi connectivity index (χ0n) is 7.01. The molecule has 2 aliphatic rings. The van der Waals surface area contributed by atoms with Crippen molar-refractivity contribution < 1.29 is 21.9 Å². The molecular formula is C7H12CuN2OS2. The fourth-order valence-electron chi connectivity index (χ4n) is 1.35. The minimum absolute atomic E-state index is 0. The quantitative estimate of drug-likeness (QED) is 0.683. The van der Waals surface area contributed by atoms with E-state index in [0.29, 0.717) is 5.78 Å². The number of Topliss-reactive ketones (excluding diaryl/α,β-unsaturated/α-hetero) is 1. The molecule has 13 heavy (non-hydrogen) atoms. The number of hydrogen-bond acceptors (Lipinski definition) is 5. The summed E-state index contributed by atoms with van der Waals surface area (Å²) in [5, 5.41) is 6.48. The predicted molar refractivity (Wildman–Crippen MR) is 53.5 cm³/mol. The van der Waals surface area contributed by atoms with E-state index in [0.717, 1.165) is 24.6 Å². The summed E-state index contributed by atoms with van der Waals surface area (Å²) in [6, 6.07) is 0. The molecule has 0 amide bonds. The van der Waals surface area contributed by atoms with Crippen LogP contribution in [0.15, 0.2) is 0 Å². The zero-order chi connectivity index (χ0) is 8.39. The minimum Gasteiger partial charge on any atom is -0.298 e. The van der Waals surface area contributed by atoms with Crippen LogP contribution in [0.4, 0.5) is 0 Å². The van der Waals surface area contributed by atoms with Gasteiger partial charge in [-0.3, -0.25) is 15.4 Å². The Morgan fingerprint density at radius 1 is 1.08 bits per heavy atom. The van der Waals surface area contributed by atoms with E-state index in [4.69, 9.17) is 0 Å². The van der Waals surface area contributed by atoms with E-state index in [1.165, 1.54) is 0 Å². The molecule has 2 aliphatic heterocycles. The molecule has 0 spiro atoms. The summed E-state index contributed by atoms with van der Waals surface area (Å²) in [7, 11) is 0. The van der Waals surface area contributed by atoms with Gasteiger partial charge in [0.05, 0.1) is 0 Å². The third-order valence-corrected chi connectivity index (χ3v) is 4.29. The van der Waals surface area contributed by atoms with Crippen LogP contribution in [0.3, 0.4) is 0 Å². The molecule has 2 fully saturated rings. The van der Waals surface area contributed by atoms with Crippen LogP contribution in [0.5, 0.6) is 0 Å². The van der Waals surface area contributed by atoms with Gasteiger partial charge >= 0.3 is 0 Å². The molecule has 1 radical (unpaired) electrons. The van der Waals surface area contributed by atoms with Gasteiger partial charge < -0.3 is 0 Å². The molecule has 2 saturated heterocycles. The zero-order valence-corrected chi connectivity index (χ0v) is 9.58. The van der Waals surface area contributed by atoms with Crippen LogP contribution in [0.2, 0.25) is 0 Å². The number of carbonyl (C=O) groups is 1. The SMILES string of the molecule is O=C(C1NCCS1)C1NCCS1.[Cu]. The van der Waals surface area contributed by atoms with Gasteiger partial charge in [0.15, 0.2) is 5.78 Å². The molecular weight excluding hydrogens is 256 g/mol. The topological polar surface area (TPSA) is 41.1 Å². The fraction of sp³-hybridized carbons (Fsp3) is 0.857. The largest absolute Gasteiger partial charge is 0.298 e. The van der Waals surface area contributed by atoms with Crippen molar-refractivity contribution in [3.63, 3.8) is 0 Å². The molecule has 0 aromatic heterocycles. The van der Waals surface area contributed by atoms with Crippen molar-refractivity contribution in [2.45, 2.75) is 10.7 Å². The summed E-state index contributed by atoms with van der Waals surface area (Å²) in [4.78, 5) is 11.7. The van der Waals surface area contributed by atoms with Gasteiger partial charge in [-0.15, -0.1) is 23.5 Å². The second kappa shape index (κ2) is 5.63. The molecule has 2 unspecified atom stereocenters. The van der Waals surface area contributed by atoms with Gasteiger partial charge in [-0.25, -0.2) is 0 Å². The van der Waals surface area contributed by atoms with E-state index in [1.807, 2.05) is 0 Å². The van der Waals surface area contributed by atoms with Gasteiger partial charge in [0, 0.05) is 41.7 Å². The van der Waals surface area contributed by atoms with Crippen LogP contribution >= 0.6 is 23.5 Å². The van der Waals surface area contributed by atoms with Crippen molar-refractivity contribution in [3.8, 4) is 0 Å². The fourth-order valence-corrected chi connectivity index (χ4v) is 3.46. The van der Waals surface area contributed by atoms with Gasteiger partial charge in [0.2, 0.25) is 0 Å². The van der Waals surface area contributed by atoms with Crippen LogP contribution in [-0.2, 0) is 21.9 Å². The second-order valence-electron chi connectivity index (χ2n) is 2.81. The first-order valence-corrected chi connectivity index (χ1v) is 6.21. The van der Waals surface area contributed by atoms with E-state index < -0.39 is 0 Å². The van der Waals surface area contributed by atoms with Gasteiger partial charge in [-0.1, -0.05) is 0 Å². The van der Waals surface area contributed by atoms with E-state index in [2.05, 4.69) is 10.6 Å². The maximum Gasteiger partial charge on any atom is 0.186 e. The van der Waals surface area contributed by atoms with Crippen molar-refractivity contribution in [1.29, 1.82) is 0 Å². The minimum atomic E-state index is 0. The Morgan fingerprint density at radius 2 is 1.54 bits per heavy atom. The predicted octanol–water partition coefficient (Wildman–Crippen LogP) is -0.122. The Bertz CT molecular complexity index is 163. The molecule has 3 nitrogen and oxygen atoms in total. The third-order valence-electron chi connectivity index (χ3n) is 1.95. The van der Waals surface area contributed by atoms with Crippen LogP contribution in [0, 0.1) is 0 Å². The summed E-state index contributed by atoms with van der Waals surface area (Å²) in [6.07, 6.45) is 0. The van der Waals surface area contributed by atoms with E-state index in [-0.39, 0.29) is 27.8 Å². The molecule has 2 N–H and O–H groups in total. The number of nitrogens with one attached hydrogen (secondary N) is 2. The number of rotatable bonds is 2. The van der Waals surface area contributed by atoms with E-state index >= 15 is 0 Å².